The van der Waals surface area contributed by atoms with Crippen LogP contribution in [0.3, 0.4) is 0 Å². The lowest BCUT2D eigenvalue weighted by Gasteiger charge is -2.41. The summed E-state index contributed by atoms with van der Waals surface area (Å²) in [6, 6.07) is 16.0. The monoisotopic (exact) mass is 629 g/mol. The van der Waals surface area contributed by atoms with E-state index >= 15 is 0 Å². The van der Waals surface area contributed by atoms with Gasteiger partial charge in [-0.3, -0.25) is 4.79 Å². The van der Waals surface area contributed by atoms with Crippen molar-refractivity contribution < 1.29 is 19.1 Å². The third kappa shape index (κ3) is 8.35. The Bertz CT molecular complexity index is 1580. The molecular weight excluding hydrogens is 578 g/mol. The van der Waals surface area contributed by atoms with Crippen LogP contribution in [-0.4, -0.2) is 68.7 Å². The van der Waals surface area contributed by atoms with Gasteiger partial charge in [0.25, 0.3) is 0 Å². The first-order valence-corrected chi connectivity index (χ1v) is 16.9. The van der Waals surface area contributed by atoms with E-state index in [0.717, 1.165) is 60.0 Å². The average molecular weight is 630 g/mol. The van der Waals surface area contributed by atoms with Crippen molar-refractivity contribution >= 4 is 33.9 Å². The molecule has 1 saturated heterocycles. The van der Waals surface area contributed by atoms with E-state index in [1.165, 1.54) is 0 Å². The Kier molecular flexibility index (Phi) is 10.8. The molecule has 1 amide bonds. The molecule has 0 aliphatic carbocycles. The first-order chi connectivity index (χ1) is 22.0. The van der Waals surface area contributed by atoms with Crippen LogP contribution >= 0.6 is 0 Å². The lowest BCUT2D eigenvalue weighted by atomic mass is 9.75. The van der Waals surface area contributed by atoms with E-state index in [9.17, 15) is 9.59 Å². The molecule has 3 heterocycles. The standard InChI is InChI=1S/C37H51N5O4/c1-25(2)17-18-26(22-33(43)35-40-31-15-9-10-16-32(31)42(35)19-11-12-20-45-6)27-21-28(24-41(23-27)36(44)46-37(3,4)5)34-38-29-13-7-8-14-30(29)39-34/h7-10,13-16,25-28H,11-12,17-24H2,1-6H3,(H,38,39)/t26?,27-,28+/m0/s1. The van der Waals surface area contributed by atoms with Gasteiger partial charge < -0.3 is 23.9 Å². The van der Waals surface area contributed by atoms with Crippen LogP contribution in [0.2, 0.25) is 0 Å². The van der Waals surface area contributed by atoms with E-state index in [-0.39, 0.29) is 29.6 Å². The zero-order valence-corrected chi connectivity index (χ0v) is 28.4. The number of piperidine rings is 1. The van der Waals surface area contributed by atoms with Crippen molar-refractivity contribution in [2.24, 2.45) is 17.8 Å². The van der Waals surface area contributed by atoms with Crippen LogP contribution in [0.4, 0.5) is 4.79 Å². The molecule has 46 heavy (non-hydrogen) atoms. The summed E-state index contributed by atoms with van der Waals surface area (Å²) < 4.78 is 13.2. The molecule has 1 aliphatic rings. The molecule has 0 spiro atoms. The van der Waals surface area contributed by atoms with Crippen molar-refractivity contribution in [2.45, 2.75) is 91.2 Å². The number of ketones is 1. The Morgan fingerprint density at radius 2 is 1.72 bits per heavy atom. The predicted octanol–water partition coefficient (Wildman–Crippen LogP) is 8.01. The van der Waals surface area contributed by atoms with Crippen LogP contribution in [0.25, 0.3) is 22.1 Å². The van der Waals surface area contributed by atoms with Gasteiger partial charge in [-0.2, -0.15) is 0 Å². The fourth-order valence-electron chi connectivity index (χ4n) is 6.73. The number of ether oxygens (including phenoxy) is 2. The molecular formula is C37H51N5O4. The summed E-state index contributed by atoms with van der Waals surface area (Å²) >= 11 is 0. The lowest BCUT2D eigenvalue weighted by molar-refractivity contribution is 0.00884. The third-order valence-corrected chi connectivity index (χ3v) is 9.04. The van der Waals surface area contributed by atoms with E-state index in [1.54, 1.807) is 7.11 Å². The number of hydrogen-bond acceptors (Lipinski definition) is 6. The van der Waals surface area contributed by atoms with Crippen molar-refractivity contribution in [3.8, 4) is 0 Å². The third-order valence-electron chi connectivity index (χ3n) is 9.04. The van der Waals surface area contributed by atoms with Crippen LogP contribution in [-0.2, 0) is 16.0 Å². The molecule has 0 saturated carbocycles. The number of Topliss-reactive ketones (excluding diaryl/α,β-unsaturated/α-hetero) is 1. The second-order valence-electron chi connectivity index (χ2n) is 14.4. The van der Waals surface area contributed by atoms with E-state index in [4.69, 9.17) is 19.4 Å². The molecule has 248 valence electrons. The highest BCUT2D eigenvalue weighted by atomic mass is 16.6. The van der Waals surface area contributed by atoms with E-state index in [1.807, 2.05) is 74.2 Å². The van der Waals surface area contributed by atoms with Gasteiger partial charge in [0.05, 0.1) is 22.1 Å². The molecule has 9 heteroatoms. The molecule has 1 unspecified atom stereocenters. The van der Waals surface area contributed by atoms with Crippen molar-refractivity contribution in [3.05, 3.63) is 60.2 Å². The lowest BCUT2D eigenvalue weighted by Crippen LogP contribution is -2.47. The number of imidazole rings is 2. The Balaban J connectivity index is 1.45. The van der Waals surface area contributed by atoms with Gasteiger partial charge in [-0.25, -0.2) is 14.8 Å². The molecule has 1 fully saturated rings. The number of nitrogens with one attached hydrogen (secondary N) is 1. The fraction of sp³-hybridized carbons (Fsp3) is 0.568. The minimum absolute atomic E-state index is 0.000629. The number of likely N-dealkylation sites (tertiary alicyclic amines) is 1. The number of carbonyl (C=O) groups is 2. The highest BCUT2D eigenvalue weighted by molar-refractivity contribution is 5.96. The van der Waals surface area contributed by atoms with E-state index in [0.29, 0.717) is 44.4 Å². The van der Waals surface area contributed by atoms with Gasteiger partial charge in [0, 0.05) is 45.7 Å². The second-order valence-corrected chi connectivity index (χ2v) is 14.4. The number of unbranched alkanes of at least 4 members (excludes halogenated alkanes) is 1. The first kappa shape index (κ1) is 33.6. The van der Waals surface area contributed by atoms with E-state index < -0.39 is 5.60 Å². The number of nitrogens with zero attached hydrogens (tertiary/aromatic N) is 4. The summed E-state index contributed by atoms with van der Waals surface area (Å²) in [5, 5.41) is 0. The summed E-state index contributed by atoms with van der Waals surface area (Å²) in [5.41, 5.74) is 3.13. The van der Waals surface area contributed by atoms with Gasteiger partial charge in [0.2, 0.25) is 0 Å². The number of para-hydroxylation sites is 4. The SMILES string of the molecule is COCCCCn1c(C(=O)CC(CCC(C)C)[C@H]2C[C@@H](c3nc4ccccc4[nH]3)CN(C(=O)OC(C)(C)C)C2)nc2ccccc21. The van der Waals surface area contributed by atoms with Gasteiger partial charge in [0.15, 0.2) is 11.6 Å². The second kappa shape index (κ2) is 14.8. The molecule has 1 N–H and O–H groups in total. The number of H-pyrrole nitrogens is 1. The van der Waals surface area contributed by atoms with Crippen molar-refractivity contribution in [2.75, 3.05) is 26.8 Å². The van der Waals surface area contributed by atoms with Crippen molar-refractivity contribution in [3.63, 3.8) is 0 Å². The van der Waals surface area contributed by atoms with E-state index in [2.05, 4.69) is 23.4 Å². The molecule has 9 nitrogen and oxygen atoms in total. The van der Waals surface area contributed by atoms with Gasteiger partial charge in [-0.15, -0.1) is 0 Å². The van der Waals surface area contributed by atoms with Gasteiger partial charge >= 0.3 is 6.09 Å². The maximum Gasteiger partial charge on any atom is 0.410 e. The quantitative estimate of drug-likeness (QED) is 0.119. The molecule has 2 aromatic heterocycles. The summed E-state index contributed by atoms with van der Waals surface area (Å²) in [5.74, 6) is 2.15. The number of amides is 1. The summed E-state index contributed by atoms with van der Waals surface area (Å²) in [6.45, 7) is 12.6. The highest BCUT2D eigenvalue weighted by Gasteiger charge is 2.38. The molecule has 0 radical (unpaired) electrons. The Hall–Kier alpha value is -3.72. The first-order valence-electron chi connectivity index (χ1n) is 16.9. The normalized spacial score (nSPS) is 18.0. The van der Waals surface area contributed by atoms with Gasteiger partial charge in [0.1, 0.15) is 11.4 Å². The number of fused-ring (bicyclic) bond motifs is 2. The Morgan fingerprint density at radius 3 is 2.43 bits per heavy atom. The van der Waals surface area contributed by atoms with Crippen molar-refractivity contribution in [1.82, 2.24) is 24.4 Å². The zero-order valence-electron chi connectivity index (χ0n) is 28.4. The highest BCUT2D eigenvalue weighted by Crippen LogP contribution is 2.38. The van der Waals surface area contributed by atoms with Gasteiger partial charge in [-0.05, 0) is 88.5 Å². The average Bonchev–Trinajstić information content (AvgIpc) is 3.62. The number of aromatic nitrogens is 4. The topological polar surface area (TPSA) is 102 Å². The number of carbonyl (C=O) groups excluding carboxylic acids is 2. The van der Waals surface area contributed by atoms with Crippen LogP contribution < -0.4 is 0 Å². The number of hydrogen-bond donors (Lipinski definition) is 1. The van der Waals surface area contributed by atoms with Crippen LogP contribution in [0.1, 0.15) is 95.5 Å². The number of aryl methyl sites for hydroxylation is 1. The number of benzene rings is 2. The summed E-state index contributed by atoms with van der Waals surface area (Å²) in [7, 11) is 1.72. The molecule has 1 aliphatic heterocycles. The predicted molar refractivity (Wildman–Crippen MR) is 182 cm³/mol. The zero-order chi connectivity index (χ0) is 32.8. The van der Waals surface area contributed by atoms with Crippen molar-refractivity contribution in [1.29, 1.82) is 0 Å². The molecule has 4 aromatic rings. The Labute approximate surface area is 273 Å². The molecule has 5 rings (SSSR count). The maximum atomic E-state index is 14.3. The maximum absolute atomic E-state index is 14.3. The summed E-state index contributed by atoms with van der Waals surface area (Å²) in [4.78, 5) is 42.9. The minimum Gasteiger partial charge on any atom is -0.444 e. The number of methoxy groups -OCH3 is 1. The molecule has 0 bridgehead atoms. The van der Waals surface area contributed by atoms with Gasteiger partial charge in [-0.1, -0.05) is 44.5 Å². The fourth-order valence-corrected chi connectivity index (χ4v) is 6.73. The van der Waals surface area contributed by atoms with Crippen LogP contribution in [0, 0.1) is 17.8 Å². The number of rotatable bonds is 13. The largest absolute Gasteiger partial charge is 0.444 e. The summed E-state index contributed by atoms with van der Waals surface area (Å²) in [6.07, 6.45) is 4.62. The number of aromatic amines is 1. The smallest absolute Gasteiger partial charge is 0.410 e. The minimum atomic E-state index is -0.603. The molecule has 3 atom stereocenters. The Morgan fingerprint density at radius 1 is 0.978 bits per heavy atom. The van der Waals surface area contributed by atoms with Crippen LogP contribution in [0.5, 0.6) is 0 Å². The van der Waals surface area contributed by atoms with Crippen LogP contribution in [0.15, 0.2) is 48.5 Å². The molecule has 2 aromatic carbocycles.